The third kappa shape index (κ3) is 3.54. The van der Waals surface area contributed by atoms with E-state index >= 15 is 0 Å². The van der Waals surface area contributed by atoms with E-state index in [1.807, 2.05) is 12.3 Å². The number of pyridine rings is 1. The maximum Gasteiger partial charge on any atom is 0.122 e. The summed E-state index contributed by atoms with van der Waals surface area (Å²) in [7, 11) is 1.70. The average Bonchev–Trinajstić information content (AvgIpc) is 2.29. The molecule has 15 heavy (non-hydrogen) atoms. The van der Waals surface area contributed by atoms with Gasteiger partial charge in [0.25, 0.3) is 0 Å². The van der Waals surface area contributed by atoms with Gasteiger partial charge in [-0.05, 0) is 18.9 Å². The summed E-state index contributed by atoms with van der Waals surface area (Å²) < 4.78 is 5.22. The molecule has 0 amide bonds. The van der Waals surface area contributed by atoms with E-state index < -0.39 is 0 Å². The number of ether oxygens (including phenoxy) is 1. The molecule has 0 bridgehead atoms. The SMILES string of the molecule is CCCC(CCC)c1cc(OC)ccn1. The Kier molecular flexibility index (Phi) is 5.16. The summed E-state index contributed by atoms with van der Waals surface area (Å²) in [6.07, 6.45) is 6.70. The van der Waals surface area contributed by atoms with Gasteiger partial charge in [-0.3, -0.25) is 4.98 Å². The molecular weight excluding hydrogens is 186 g/mol. The second-order valence-corrected chi connectivity index (χ2v) is 3.89. The van der Waals surface area contributed by atoms with Crippen molar-refractivity contribution in [2.75, 3.05) is 7.11 Å². The molecule has 0 aliphatic rings. The number of nitrogens with zero attached hydrogens (tertiary/aromatic N) is 1. The van der Waals surface area contributed by atoms with E-state index in [1.165, 1.54) is 31.4 Å². The number of rotatable bonds is 6. The molecule has 2 nitrogen and oxygen atoms in total. The van der Waals surface area contributed by atoms with Crippen LogP contribution in [0, 0.1) is 0 Å². The van der Waals surface area contributed by atoms with Gasteiger partial charge in [0.05, 0.1) is 7.11 Å². The largest absolute Gasteiger partial charge is 0.497 e. The minimum absolute atomic E-state index is 0.593. The summed E-state index contributed by atoms with van der Waals surface area (Å²) in [4.78, 5) is 4.44. The lowest BCUT2D eigenvalue weighted by molar-refractivity contribution is 0.412. The molecule has 1 aromatic heterocycles. The summed E-state index contributed by atoms with van der Waals surface area (Å²) in [5, 5.41) is 0. The van der Waals surface area contributed by atoms with E-state index in [0.29, 0.717) is 5.92 Å². The van der Waals surface area contributed by atoms with Crippen molar-refractivity contribution in [2.24, 2.45) is 0 Å². The first-order valence-corrected chi connectivity index (χ1v) is 5.81. The molecule has 0 saturated carbocycles. The fraction of sp³-hybridized carbons (Fsp3) is 0.615. The summed E-state index contributed by atoms with van der Waals surface area (Å²) >= 11 is 0. The zero-order chi connectivity index (χ0) is 11.1. The molecule has 1 rings (SSSR count). The average molecular weight is 207 g/mol. The fourth-order valence-electron chi connectivity index (χ4n) is 1.92. The molecule has 0 aromatic carbocycles. The standard InChI is InChI=1S/C13H21NO/c1-4-6-11(7-5-2)13-10-12(15-3)8-9-14-13/h8-11H,4-7H2,1-3H3. The van der Waals surface area contributed by atoms with E-state index in [9.17, 15) is 0 Å². The van der Waals surface area contributed by atoms with Gasteiger partial charge < -0.3 is 4.74 Å². The zero-order valence-electron chi connectivity index (χ0n) is 9.99. The molecule has 0 unspecified atom stereocenters. The molecule has 0 radical (unpaired) electrons. The van der Waals surface area contributed by atoms with Crippen LogP contribution in [0.25, 0.3) is 0 Å². The molecular formula is C13H21NO. The van der Waals surface area contributed by atoms with E-state index in [-0.39, 0.29) is 0 Å². The van der Waals surface area contributed by atoms with Gasteiger partial charge in [0.1, 0.15) is 5.75 Å². The smallest absolute Gasteiger partial charge is 0.122 e. The van der Waals surface area contributed by atoms with Crippen LogP contribution < -0.4 is 4.74 Å². The Balaban J connectivity index is 2.79. The number of hydrogen-bond acceptors (Lipinski definition) is 2. The highest BCUT2D eigenvalue weighted by atomic mass is 16.5. The normalized spacial score (nSPS) is 10.7. The Labute approximate surface area is 92.7 Å². The van der Waals surface area contributed by atoms with E-state index in [1.54, 1.807) is 7.11 Å². The van der Waals surface area contributed by atoms with Gasteiger partial charge >= 0.3 is 0 Å². The highest BCUT2D eigenvalue weighted by Crippen LogP contribution is 2.26. The maximum atomic E-state index is 5.22. The van der Waals surface area contributed by atoms with Crippen molar-refractivity contribution < 1.29 is 4.74 Å². The molecule has 0 saturated heterocycles. The van der Waals surface area contributed by atoms with Gasteiger partial charge in [0.15, 0.2) is 0 Å². The molecule has 84 valence electrons. The van der Waals surface area contributed by atoms with Crippen LogP contribution in [0.1, 0.15) is 51.1 Å². The minimum atomic E-state index is 0.593. The molecule has 1 aromatic rings. The van der Waals surface area contributed by atoms with Crippen molar-refractivity contribution in [1.82, 2.24) is 4.98 Å². The first-order chi connectivity index (χ1) is 7.31. The maximum absolute atomic E-state index is 5.22. The van der Waals surface area contributed by atoms with Crippen molar-refractivity contribution in [1.29, 1.82) is 0 Å². The zero-order valence-corrected chi connectivity index (χ0v) is 9.99. The Morgan fingerprint density at radius 1 is 1.27 bits per heavy atom. The lowest BCUT2D eigenvalue weighted by Gasteiger charge is -2.15. The number of methoxy groups -OCH3 is 1. The first-order valence-electron chi connectivity index (χ1n) is 5.81. The van der Waals surface area contributed by atoms with Crippen LogP contribution in [0.2, 0.25) is 0 Å². The second kappa shape index (κ2) is 6.44. The van der Waals surface area contributed by atoms with Gasteiger partial charge in [0.2, 0.25) is 0 Å². The van der Waals surface area contributed by atoms with Crippen molar-refractivity contribution in [3.05, 3.63) is 24.0 Å². The summed E-state index contributed by atoms with van der Waals surface area (Å²) in [5.74, 6) is 1.51. The highest BCUT2D eigenvalue weighted by Gasteiger charge is 2.11. The molecule has 2 heteroatoms. The van der Waals surface area contributed by atoms with Gasteiger partial charge in [0, 0.05) is 23.9 Å². The Hall–Kier alpha value is -1.05. The van der Waals surface area contributed by atoms with E-state index in [0.717, 1.165) is 5.75 Å². The molecule has 0 fully saturated rings. The molecule has 0 aliphatic carbocycles. The van der Waals surface area contributed by atoms with Crippen molar-refractivity contribution in [2.45, 2.75) is 45.4 Å². The third-order valence-corrected chi connectivity index (χ3v) is 2.68. The van der Waals surface area contributed by atoms with Gasteiger partial charge in [-0.15, -0.1) is 0 Å². The van der Waals surface area contributed by atoms with Crippen LogP contribution in [0.3, 0.4) is 0 Å². The fourth-order valence-corrected chi connectivity index (χ4v) is 1.92. The van der Waals surface area contributed by atoms with Crippen molar-refractivity contribution in [3.8, 4) is 5.75 Å². The summed E-state index contributed by atoms with van der Waals surface area (Å²) in [6.45, 7) is 4.45. The molecule has 0 N–H and O–H groups in total. The van der Waals surface area contributed by atoms with Crippen LogP contribution >= 0.6 is 0 Å². The monoisotopic (exact) mass is 207 g/mol. The molecule has 1 heterocycles. The quantitative estimate of drug-likeness (QED) is 0.708. The Morgan fingerprint density at radius 3 is 2.47 bits per heavy atom. The van der Waals surface area contributed by atoms with E-state index in [2.05, 4.69) is 24.9 Å². The topological polar surface area (TPSA) is 22.1 Å². The van der Waals surface area contributed by atoms with Gasteiger partial charge in [-0.25, -0.2) is 0 Å². The van der Waals surface area contributed by atoms with Gasteiger partial charge in [-0.1, -0.05) is 26.7 Å². The Bertz CT molecular complexity index is 280. The van der Waals surface area contributed by atoms with Crippen molar-refractivity contribution >= 4 is 0 Å². The molecule has 0 aliphatic heterocycles. The predicted molar refractivity (Wildman–Crippen MR) is 63.3 cm³/mol. The molecule has 0 atom stereocenters. The lowest BCUT2D eigenvalue weighted by atomic mass is 9.94. The van der Waals surface area contributed by atoms with Crippen LogP contribution in [0.5, 0.6) is 5.75 Å². The van der Waals surface area contributed by atoms with Crippen LogP contribution in [-0.4, -0.2) is 12.1 Å². The second-order valence-electron chi connectivity index (χ2n) is 3.89. The van der Waals surface area contributed by atoms with Gasteiger partial charge in [-0.2, -0.15) is 0 Å². The minimum Gasteiger partial charge on any atom is -0.497 e. The molecule has 0 spiro atoms. The Morgan fingerprint density at radius 2 is 1.93 bits per heavy atom. The lowest BCUT2D eigenvalue weighted by Crippen LogP contribution is -2.01. The first kappa shape index (κ1) is 12.0. The predicted octanol–water partition coefficient (Wildman–Crippen LogP) is 3.77. The number of hydrogen-bond donors (Lipinski definition) is 0. The highest BCUT2D eigenvalue weighted by molar-refractivity contribution is 5.24. The van der Waals surface area contributed by atoms with Crippen LogP contribution in [-0.2, 0) is 0 Å². The summed E-state index contributed by atoms with van der Waals surface area (Å²) in [6, 6.07) is 3.97. The number of aromatic nitrogens is 1. The van der Waals surface area contributed by atoms with Crippen molar-refractivity contribution in [3.63, 3.8) is 0 Å². The van der Waals surface area contributed by atoms with Crippen LogP contribution in [0.15, 0.2) is 18.3 Å². The van der Waals surface area contributed by atoms with E-state index in [4.69, 9.17) is 4.74 Å². The summed E-state index contributed by atoms with van der Waals surface area (Å²) in [5.41, 5.74) is 1.18. The third-order valence-electron chi connectivity index (χ3n) is 2.68. The van der Waals surface area contributed by atoms with Crippen LogP contribution in [0.4, 0.5) is 0 Å².